The van der Waals surface area contributed by atoms with E-state index in [4.69, 9.17) is 0 Å². The lowest BCUT2D eigenvalue weighted by atomic mass is 10.1. The minimum absolute atomic E-state index is 0.129. The number of amides is 1. The maximum atomic E-state index is 14.0. The van der Waals surface area contributed by atoms with E-state index in [1.807, 2.05) is 12.3 Å². The highest BCUT2D eigenvalue weighted by atomic mass is 32.2. The number of aryl methyl sites for hydroxylation is 1. The minimum Gasteiger partial charge on any atom is -0.356 e. The molecular weight excluding hydrogens is 335 g/mol. The van der Waals surface area contributed by atoms with Gasteiger partial charge in [-0.2, -0.15) is 0 Å². The Labute approximate surface area is 142 Å². The zero-order chi connectivity index (χ0) is 16.8. The fourth-order valence-electron chi connectivity index (χ4n) is 1.91. The van der Waals surface area contributed by atoms with Crippen molar-refractivity contribution < 1.29 is 14.0 Å². The molecule has 23 heavy (non-hydrogen) atoms. The largest absolute Gasteiger partial charge is 0.356 e. The number of aromatic nitrogens is 1. The van der Waals surface area contributed by atoms with Gasteiger partial charge in [-0.05, 0) is 25.0 Å². The molecule has 0 fully saturated rings. The third kappa shape index (κ3) is 5.44. The molecule has 122 valence electrons. The number of hydrogen-bond donors (Lipinski definition) is 1. The van der Waals surface area contributed by atoms with Gasteiger partial charge in [0.2, 0.25) is 5.91 Å². The standard InChI is InChI=1S/C16H17FN2O2S2/c1-10-8-22-16(19-10)23-9-15(21)13-4-3-12(14(17)7-13)5-6-18-11(2)20/h3-4,7-8H,5-6,9H2,1-2H3,(H,18,20). The van der Waals surface area contributed by atoms with Crippen LogP contribution in [0.4, 0.5) is 4.39 Å². The van der Waals surface area contributed by atoms with E-state index in [9.17, 15) is 14.0 Å². The number of thioether (sulfide) groups is 1. The Bertz CT molecular complexity index is 716. The first kappa shape index (κ1) is 17.6. The molecule has 0 saturated carbocycles. The van der Waals surface area contributed by atoms with E-state index in [0.29, 0.717) is 24.1 Å². The van der Waals surface area contributed by atoms with Crippen LogP contribution < -0.4 is 5.32 Å². The van der Waals surface area contributed by atoms with Gasteiger partial charge >= 0.3 is 0 Å². The predicted molar refractivity (Wildman–Crippen MR) is 90.7 cm³/mol. The first-order chi connectivity index (χ1) is 11.0. The number of carbonyl (C=O) groups is 2. The SMILES string of the molecule is CC(=O)NCCc1ccc(C(=O)CSc2nc(C)cs2)cc1F. The summed E-state index contributed by atoms with van der Waals surface area (Å²) in [6.45, 7) is 3.69. The number of halogens is 1. The lowest BCUT2D eigenvalue weighted by Crippen LogP contribution is -2.22. The van der Waals surface area contributed by atoms with Crippen LogP contribution in [0.1, 0.15) is 28.5 Å². The minimum atomic E-state index is -0.420. The number of thiazole rings is 1. The Balaban J connectivity index is 1.93. The highest BCUT2D eigenvalue weighted by Crippen LogP contribution is 2.23. The molecule has 0 spiro atoms. The van der Waals surface area contributed by atoms with Gasteiger partial charge in [0.1, 0.15) is 5.82 Å². The second-order valence-electron chi connectivity index (χ2n) is 5.01. The third-order valence-corrected chi connectivity index (χ3v) is 5.21. The van der Waals surface area contributed by atoms with Crippen LogP contribution in [0.25, 0.3) is 0 Å². The summed E-state index contributed by atoms with van der Waals surface area (Å²) < 4.78 is 14.9. The number of ketones is 1. The molecular formula is C16H17FN2O2S2. The second-order valence-corrected chi connectivity index (χ2v) is 7.09. The van der Waals surface area contributed by atoms with Gasteiger partial charge in [-0.25, -0.2) is 9.37 Å². The molecule has 4 nitrogen and oxygen atoms in total. The van der Waals surface area contributed by atoms with Crippen LogP contribution in [0.3, 0.4) is 0 Å². The molecule has 0 radical (unpaired) electrons. The summed E-state index contributed by atoms with van der Waals surface area (Å²) >= 11 is 2.85. The number of Topliss-reactive ketones (excluding diaryl/α,β-unsaturated/α-hetero) is 1. The summed E-state index contributed by atoms with van der Waals surface area (Å²) in [4.78, 5) is 27.2. The molecule has 1 amide bonds. The van der Waals surface area contributed by atoms with E-state index in [0.717, 1.165) is 10.0 Å². The van der Waals surface area contributed by atoms with Crippen molar-refractivity contribution in [1.82, 2.24) is 10.3 Å². The third-order valence-electron chi connectivity index (χ3n) is 3.07. The van der Waals surface area contributed by atoms with Crippen molar-refractivity contribution in [3.05, 3.63) is 46.2 Å². The van der Waals surface area contributed by atoms with Gasteiger partial charge in [0.25, 0.3) is 0 Å². The van der Waals surface area contributed by atoms with Crippen molar-refractivity contribution in [1.29, 1.82) is 0 Å². The molecule has 0 atom stereocenters. The Morgan fingerprint density at radius 3 is 2.78 bits per heavy atom. The van der Waals surface area contributed by atoms with Crippen molar-refractivity contribution in [3.8, 4) is 0 Å². The van der Waals surface area contributed by atoms with Gasteiger partial charge in [-0.1, -0.05) is 23.9 Å². The molecule has 0 aliphatic heterocycles. The topological polar surface area (TPSA) is 59.1 Å². The molecule has 0 aliphatic carbocycles. The summed E-state index contributed by atoms with van der Waals surface area (Å²) in [5.41, 5.74) is 1.77. The van der Waals surface area contributed by atoms with Crippen LogP contribution in [0, 0.1) is 12.7 Å². The summed E-state index contributed by atoms with van der Waals surface area (Å²) in [7, 11) is 0. The molecule has 2 aromatic rings. The maximum absolute atomic E-state index is 14.0. The van der Waals surface area contributed by atoms with Crippen LogP contribution >= 0.6 is 23.1 Å². The normalized spacial score (nSPS) is 10.6. The van der Waals surface area contributed by atoms with E-state index in [1.165, 1.54) is 36.1 Å². The zero-order valence-corrected chi connectivity index (χ0v) is 14.5. The predicted octanol–water partition coefficient (Wildman–Crippen LogP) is 3.24. The molecule has 0 saturated heterocycles. The monoisotopic (exact) mass is 352 g/mol. The maximum Gasteiger partial charge on any atom is 0.216 e. The highest BCUT2D eigenvalue weighted by Gasteiger charge is 2.11. The van der Waals surface area contributed by atoms with Gasteiger partial charge in [0, 0.05) is 30.1 Å². The molecule has 7 heteroatoms. The first-order valence-corrected chi connectivity index (χ1v) is 8.93. The number of rotatable bonds is 7. The van der Waals surface area contributed by atoms with Crippen LogP contribution in [0.5, 0.6) is 0 Å². The van der Waals surface area contributed by atoms with Crippen molar-refractivity contribution in [3.63, 3.8) is 0 Å². The summed E-state index contributed by atoms with van der Waals surface area (Å²) in [6, 6.07) is 4.49. The second kappa shape index (κ2) is 8.21. The van der Waals surface area contributed by atoms with E-state index < -0.39 is 5.82 Å². The van der Waals surface area contributed by atoms with E-state index in [-0.39, 0.29) is 17.4 Å². The fourth-order valence-corrected chi connectivity index (χ4v) is 3.65. The highest BCUT2D eigenvalue weighted by molar-refractivity contribution is 8.01. The molecule has 1 aromatic carbocycles. The van der Waals surface area contributed by atoms with Gasteiger partial charge in [0.05, 0.1) is 5.75 Å². The number of hydrogen-bond acceptors (Lipinski definition) is 5. The van der Waals surface area contributed by atoms with Crippen LogP contribution in [-0.2, 0) is 11.2 Å². The number of nitrogens with one attached hydrogen (secondary N) is 1. The Morgan fingerprint density at radius 2 is 2.17 bits per heavy atom. The summed E-state index contributed by atoms with van der Waals surface area (Å²) in [5.74, 6) is -0.462. The molecule has 1 N–H and O–H groups in total. The summed E-state index contributed by atoms with van der Waals surface area (Å²) in [6.07, 6.45) is 0.396. The fraction of sp³-hybridized carbons (Fsp3) is 0.312. The molecule has 1 heterocycles. The zero-order valence-electron chi connectivity index (χ0n) is 12.9. The molecule has 0 bridgehead atoms. The van der Waals surface area contributed by atoms with Crippen molar-refractivity contribution >= 4 is 34.8 Å². The van der Waals surface area contributed by atoms with Gasteiger partial charge in [0.15, 0.2) is 10.1 Å². The first-order valence-electron chi connectivity index (χ1n) is 7.06. The van der Waals surface area contributed by atoms with Crippen LogP contribution in [0.2, 0.25) is 0 Å². The average molecular weight is 352 g/mol. The number of carbonyl (C=O) groups excluding carboxylic acids is 2. The summed E-state index contributed by atoms with van der Waals surface area (Å²) in [5, 5.41) is 4.54. The lowest BCUT2D eigenvalue weighted by Gasteiger charge is -2.06. The van der Waals surface area contributed by atoms with Gasteiger partial charge < -0.3 is 5.32 Å². The Hall–Kier alpha value is -1.73. The molecule has 1 aromatic heterocycles. The van der Waals surface area contributed by atoms with Crippen molar-refractivity contribution in [2.24, 2.45) is 0 Å². The Kier molecular flexibility index (Phi) is 6.29. The average Bonchev–Trinajstić information content (AvgIpc) is 2.91. The van der Waals surface area contributed by atoms with E-state index >= 15 is 0 Å². The van der Waals surface area contributed by atoms with E-state index in [2.05, 4.69) is 10.3 Å². The molecule has 0 aliphatic rings. The Morgan fingerprint density at radius 1 is 1.39 bits per heavy atom. The van der Waals surface area contributed by atoms with Gasteiger partial charge in [-0.15, -0.1) is 11.3 Å². The molecule has 0 unspecified atom stereocenters. The van der Waals surface area contributed by atoms with Crippen LogP contribution in [0.15, 0.2) is 27.9 Å². The smallest absolute Gasteiger partial charge is 0.216 e. The van der Waals surface area contributed by atoms with Crippen molar-refractivity contribution in [2.75, 3.05) is 12.3 Å². The molecule has 2 rings (SSSR count). The number of nitrogens with zero attached hydrogens (tertiary/aromatic N) is 1. The van der Waals surface area contributed by atoms with Crippen LogP contribution in [-0.4, -0.2) is 29.0 Å². The number of benzene rings is 1. The van der Waals surface area contributed by atoms with Crippen molar-refractivity contribution in [2.45, 2.75) is 24.6 Å². The van der Waals surface area contributed by atoms with Gasteiger partial charge in [-0.3, -0.25) is 9.59 Å². The lowest BCUT2D eigenvalue weighted by molar-refractivity contribution is -0.118. The van der Waals surface area contributed by atoms with E-state index in [1.54, 1.807) is 12.1 Å². The quantitative estimate of drug-likeness (QED) is 0.614.